The number of halogens is 1. The van der Waals surface area contributed by atoms with E-state index in [9.17, 15) is 4.79 Å². The van der Waals surface area contributed by atoms with Gasteiger partial charge in [0.15, 0.2) is 0 Å². The summed E-state index contributed by atoms with van der Waals surface area (Å²) in [5.74, 6) is 0. The van der Waals surface area contributed by atoms with Crippen molar-refractivity contribution in [2.45, 2.75) is 0 Å². The molecule has 0 spiro atoms. The van der Waals surface area contributed by atoms with Gasteiger partial charge < -0.3 is 14.6 Å². The number of rotatable bonds is 2. The van der Waals surface area contributed by atoms with Crippen LogP contribution in [0.3, 0.4) is 0 Å². The number of aromatic nitrogens is 1. The average molecular weight is 400 g/mol. The third-order valence-corrected chi connectivity index (χ3v) is 5.80. The summed E-state index contributed by atoms with van der Waals surface area (Å²) >= 11 is 1.51. The van der Waals surface area contributed by atoms with Crippen molar-refractivity contribution in [1.29, 1.82) is 0 Å². The minimum atomic E-state index is -0.339. The molecule has 1 saturated heterocycles. The number of para-hydroxylation sites is 1. The molecular weight excluding hydrogens is 382 g/mol. The maximum absolute atomic E-state index is 12.6. The number of anilines is 1. The van der Waals surface area contributed by atoms with Gasteiger partial charge in [-0.3, -0.25) is 0 Å². The van der Waals surface area contributed by atoms with E-state index >= 15 is 0 Å². The van der Waals surface area contributed by atoms with Crippen LogP contribution in [0, 0.1) is 0 Å². The van der Waals surface area contributed by atoms with Crippen molar-refractivity contribution in [3.8, 4) is 10.6 Å². The van der Waals surface area contributed by atoms with Gasteiger partial charge in [-0.2, -0.15) is 0 Å². The first-order valence-electron chi connectivity index (χ1n) is 8.67. The lowest BCUT2D eigenvalue weighted by Crippen LogP contribution is -2.43. The van der Waals surface area contributed by atoms with Crippen LogP contribution in [-0.4, -0.2) is 31.2 Å². The molecule has 0 amide bonds. The molecule has 0 aliphatic carbocycles. The van der Waals surface area contributed by atoms with E-state index < -0.39 is 0 Å². The molecule has 1 aliphatic heterocycles. The Balaban J connectivity index is 0.00000180. The van der Waals surface area contributed by atoms with Gasteiger partial charge in [0.25, 0.3) is 0 Å². The molecule has 4 aromatic rings. The highest BCUT2D eigenvalue weighted by Gasteiger charge is 2.15. The molecule has 27 heavy (non-hydrogen) atoms. The normalized spacial score (nSPS) is 14.4. The largest absolute Gasteiger partial charge is 0.422 e. The van der Waals surface area contributed by atoms with Crippen LogP contribution in [0.15, 0.2) is 57.7 Å². The molecule has 0 saturated carbocycles. The molecule has 0 bridgehead atoms. The van der Waals surface area contributed by atoms with Gasteiger partial charge in [-0.15, -0.1) is 23.7 Å². The van der Waals surface area contributed by atoms with Crippen LogP contribution in [0.1, 0.15) is 0 Å². The van der Waals surface area contributed by atoms with Crippen molar-refractivity contribution >= 4 is 50.6 Å². The quantitative estimate of drug-likeness (QED) is 0.518. The van der Waals surface area contributed by atoms with Crippen LogP contribution >= 0.6 is 23.7 Å². The Morgan fingerprint density at radius 3 is 2.70 bits per heavy atom. The van der Waals surface area contributed by atoms with Crippen LogP contribution in [0.5, 0.6) is 0 Å². The lowest BCUT2D eigenvalue weighted by molar-refractivity contribution is 0.561. The van der Waals surface area contributed by atoms with Gasteiger partial charge >= 0.3 is 5.63 Å². The molecule has 1 fully saturated rings. The van der Waals surface area contributed by atoms with Crippen molar-refractivity contribution in [1.82, 2.24) is 10.3 Å². The standard InChI is InChI=1S/C20H17N3O2S.ClH/c24-20-15(19-22-16-3-1-2-4-18(16)26-19)11-13-5-6-14(12-17(13)25-20)23-9-7-21-8-10-23;/h1-6,11-12,21H,7-10H2;1H. The fourth-order valence-electron chi connectivity index (χ4n) is 3.36. The molecule has 0 unspecified atom stereocenters. The Morgan fingerprint density at radius 1 is 1.07 bits per heavy atom. The summed E-state index contributed by atoms with van der Waals surface area (Å²) in [6.45, 7) is 3.86. The van der Waals surface area contributed by atoms with Crippen LogP contribution in [0.2, 0.25) is 0 Å². The van der Waals surface area contributed by atoms with E-state index in [2.05, 4.69) is 21.3 Å². The monoisotopic (exact) mass is 399 g/mol. The summed E-state index contributed by atoms with van der Waals surface area (Å²) in [4.78, 5) is 19.5. The van der Waals surface area contributed by atoms with Crippen molar-refractivity contribution in [2.24, 2.45) is 0 Å². The maximum atomic E-state index is 12.6. The highest BCUT2D eigenvalue weighted by molar-refractivity contribution is 7.21. The molecule has 0 radical (unpaired) electrons. The molecule has 3 heterocycles. The highest BCUT2D eigenvalue weighted by atomic mass is 35.5. The fourth-order valence-corrected chi connectivity index (χ4v) is 4.33. The van der Waals surface area contributed by atoms with Gasteiger partial charge in [0.05, 0.1) is 15.8 Å². The zero-order valence-electron chi connectivity index (χ0n) is 14.5. The van der Waals surface area contributed by atoms with Gasteiger partial charge in [-0.25, -0.2) is 9.78 Å². The highest BCUT2D eigenvalue weighted by Crippen LogP contribution is 2.30. The first-order chi connectivity index (χ1) is 12.8. The van der Waals surface area contributed by atoms with E-state index in [1.165, 1.54) is 11.3 Å². The minimum absolute atomic E-state index is 0. The summed E-state index contributed by atoms with van der Waals surface area (Å²) in [7, 11) is 0. The summed E-state index contributed by atoms with van der Waals surface area (Å²) in [5.41, 5.74) is 2.80. The predicted octanol–water partition coefficient (Wildman–Crippen LogP) is 3.90. The molecule has 138 valence electrons. The van der Waals surface area contributed by atoms with E-state index in [1.807, 2.05) is 42.5 Å². The topological polar surface area (TPSA) is 58.4 Å². The maximum Gasteiger partial charge on any atom is 0.346 e. The van der Waals surface area contributed by atoms with Crippen LogP contribution in [-0.2, 0) is 0 Å². The number of thiazole rings is 1. The van der Waals surface area contributed by atoms with Crippen LogP contribution < -0.4 is 15.8 Å². The van der Waals surface area contributed by atoms with Crippen molar-refractivity contribution in [3.63, 3.8) is 0 Å². The average Bonchev–Trinajstić information content (AvgIpc) is 3.11. The molecule has 1 N–H and O–H groups in total. The van der Waals surface area contributed by atoms with Gasteiger partial charge in [-0.1, -0.05) is 12.1 Å². The smallest absolute Gasteiger partial charge is 0.346 e. The summed E-state index contributed by atoms with van der Waals surface area (Å²) < 4.78 is 6.71. The second-order valence-electron chi connectivity index (χ2n) is 6.39. The second kappa shape index (κ2) is 7.31. The minimum Gasteiger partial charge on any atom is -0.422 e. The van der Waals surface area contributed by atoms with Crippen molar-refractivity contribution in [2.75, 3.05) is 31.1 Å². The Kier molecular flexibility index (Phi) is 4.86. The zero-order valence-corrected chi connectivity index (χ0v) is 16.1. The van der Waals surface area contributed by atoms with Gasteiger partial charge in [0, 0.05) is 43.3 Å². The van der Waals surface area contributed by atoms with E-state index in [0.717, 1.165) is 47.5 Å². The van der Waals surface area contributed by atoms with Gasteiger partial charge in [0.2, 0.25) is 0 Å². The fraction of sp³-hybridized carbons (Fsp3) is 0.200. The Hall–Kier alpha value is -2.41. The van der Waals surface area contributed by atoms with Gasteiger partial charge in [0.1, 0.15) is 10.6 Å². The summed E-state index contributed by atoms with van der Waals surface area (Å²) in [6.07, 6.45) is 0. The second-order valence-corrected chi connectivity index (χ2v) is 7.42. The van der Waals surface area contributed by atoms with E-state index in [1.54, 1.807) is 0 Å². The lowest BCUT2D eigenvalue weighted by Gasteiger charge is -2.29. The van der Waals surface area contributed by atoms with Crippen LogP contribution in [0.4, 0.5) is 5.69 Å². The van der Waals surface area contributed by atoms with E-state index in [0.29, 0.717) is 16.2 Å². The third-order valence-electron chi connectivity index (χ3n) is 4.73. The Morgan fingerprint density at radius 2 is 1.89 bits per heavy atom. The van der Waals surface area contributed by atoms with Gasteiger partial charge in [-0.05, 0) is 30.3 Å². The van der Waals surface area contributed by atoms with E-state index in [-0.39, 0.29) is 18.0 Å². The molecule has 5 nitrogen and oxygen atoms in total. The summed E-state index contributed by atoms with van der Waals surface area (Å²) in [5, 5.41) is 4.96. The molecule has 2 aromatic heterocycles. The molecule has 1 aliphatic rings. The number of hydrogen-bond acceptors (Lipinski definition) is 6. The molecule has 0 atom stereocenters. The first kappa shape index (κ1) is 18.0. The zero-order chi connectivity index (χ0) is 17.5. The third kappa shape index (κ3) is 3.32. The van der Waals surface area contributed by atoms with Crippen molar-refractivity contribution in [3.05, 3.63) is 59.0 Å². The predicted molar refractivity (Wildman–Crippen MR) is 113 cm³/mol. The first-order valence-corrected chi connectivity index (χ1v) is 9.49. The number of fused-ring (bicyclic) bond motifs is 2. The van der Waals surface area contributed by atoms with Crippen molar-refractivity contribution < 1.29 is 4.42 Å². The molecule has 5 rings (SSSR count). The number of nitrogens with zero attached hydrogens (tertiary/aromatic N) is 2. The Bertz CT molecular complexity index is 1130. The number of hydrogen-bond donors (Lipinski definition) is 1. The number of benzene rings is 2. The Labute approximate surface area is 166 Å². The molecule has 7 heteroatoms. The molecular formula is C20H18ClN3O2S. The molecule has 2 aromatic carbocycles. The van der Waals surface area contributed by atoms with E-state index in [4.69, 9.17) is 4.42 Å². The number of piperazine rings is 1. The summed E-state index contributed by atoms with van der Waals surface area (Å²) in [6, 6.07) is 15.9. The SMILES string of the molecule is Cl.O=c1oc2cc(N3CCNCC3)ccc2cc1-c1nc2ccccc2s1. The lowest BCUT2D eigenvalue weighted by atomic mass is 10.1. The number of nitrogens with one attached hydrogen (secondary N) is 1. The van der Waals surface area contributed by atoms with Crippen LogP contribution in [0.25, 0.3) is 31.8 Å².